The maximum Gasteiger partial charge on any atom is 0.244 e. The Labute approximate surface area is 132 Å². The molecule has 0 unspecified atom stereocenters. The first-order chi connectivity index (χ1) is 8.97. The highest BCUT2D eigenvalue weighted by atomic mass is 127. The highest BCUT2D eigenvalue weighted by Gasteiger charge is 2.13. The summed E-state index contributed by atoms with van der Waals surface area (Å²) in [4.78, 5) is 15.7. The predicted octanol–water partition coefficient (Wildman–Crippen LogP) is 3.81. The van der Waals surface area contributed by atoms with Crippen LogP contribution >= 0.6 is 45.8 Å². The van der Waals surface area contributed by atoms with Crippen LogP contribution in [0.2, 0.25) is 10.2 Å². The number of halogens is 3. The van der Waals surface area contributed by atoms with E-state index in [1.165, 1.54) is 6.07 Å². The molecule has 0 fully saturated rings. The lowest BCUT2D eigenvalue weighted by atomic mass is 10.3. The topological polar surface area (TPSA) is 67.8 Å². The van der Waals surface area contributed by atoms with Crippen molar-refractivity contribution in [2.24, 2.45) is 0 Å². The molecule has 2 aromatic rings. The lowest BCUT2D eigenvalue weighted by Gasteiger charge is -2.09. The summed E-state index contributed by atoms with van der Waals surface area (Å²) in [6, 6.07) is 4.94. The van der Waals surface area contributed by atoms with Crippen LogP contribution in [-0.4, -0.2) is 19.0 Å². The van der Waals surface area contributed by atoms with Gasteiger partial charge < -0.3 is 5.32 Å². The van der Waals surface area contributed by atoms with Crippen LogP contribution in [0.25, 0.3) is 0 Å². The van der Waals surface area contributed by atoms with E-state index in [9.17, 15) is 4.79 Å². The summed E-state index contributed by atoms with van der Waals surface area (Å²) in [6.45, 7) is 1.79. The Bertz CT molecular complexity index is 651. The van der Waals surface area contributed by atoms with Crippen molar-refractivity contribution in [2.45, 2.75) is 6.92 Å². The van der Waals surface area contributed by atoms with Gasteiger partial charge in [-0.05, 0) is 19.1 Å². The Morgan fingerprint density at radius 3 is 2.68 bits per heavy atom. The van der Waals surface area contributed by atoms with Gasteiger partial charge in [-0.2, -0.15) is 0 Å². The average molecular weight is 409 g/mol. The predicted molar refractivity (Wildman–Crippen MR) is 82.7 cm³/mol. The number of nitrogens with one attached hydrogen (secondary N) is 1. The second-order valence-corrected chi connectivity index (χ2v) is 5.37. The van der Waals surface area contributed by atoms with Gasteiger partial charge in [-0.25, -0.2) is 4.98 Å². The Hall–Kier alpha value is -0.990. The zero-order valence-corrected chi connectivity index (χ0v) is 13.3. The van der Waals surface area contributed by atoms with Gasteiger partial charge in [0.05, 0.1) is 16.4 Å². The van der Waals surface area contributed by atoms with E-state index in [1.807, 2.05) is 0 Å². The van der Waals surface area contributed by atoms with Crippen molar-refractivity contribution in [3.8, 4) is 0 Å². The quantitative estimate of drug-likeness (QED) is 0.617. The monoisotopic (exact) mass is 408 g/mol. The summed E-state index contributed by atoms with van der Waals surface area (Å²) in [7, 11) is 0. The normalized spacial score (nSPS) is 10.3. The summed E-state index contributed by atoms with van der Waals surface area (Å²) in [5.74, 6) is 0.546. The third-order valence-corrected chi connectivity index (χ3v) is 3.33. The van der Waals surface area contributed by atoms with E-state index in [2.05, 4.69) is 20.5 Å². The molecule has 98 valence electrons. The van der Waals surface area contributed by atoms with Gasteiger partial charge in [0.15, 0.2) is 10.8 Å². The second kappa shape index (κ2) is 5.98. The molecular weight excluding hydrogens is 402 g/mol. The Morgan fingerprint density at radius 1 is 1.32 bits per heavy atom. The SMILES string of the molecule is Cc1nc(Nc2cc(Cl)nnc2C(=O)I)ccc1Cl. The minimum absolute atomic E-state index is 0.189. The third kappa shape index (κ3) is 3.52. The largest absolute Gasteiger partial charge is 0.338 e. The fourth-order valence-corrected chi connectivity index (χ4v) is 2.01. The van der Waals surface area contributed by atoms with Gasteiger partial charge in [0.25, 0.3) is 0 Å². The number of hydrogen-bond acceptors (Lipinski definition) is 5. The molecule has 0 aliphatic carbocycles. The summed E-state index contributed by atoms with van der Waals surface area (Å²) >= 11 is 13.3. The van der Waals surface area contributed by atoms with Crippen molar-refractivity contribution in [1.82, 2.24) is 15.2 Å². The van der Waals surface area contributed by atoms with Crippen molar-refractivity contribution in [1.29, 1.82) is 0 Å². The fourth-order valence-electron chi connectivity index (χ4n) is 1.36. The number of nitrogens with zero attached hydrogens (tertiary/aromatic N) is 3. The third-order valence-electron chi connectivity index (χ3n) is 2.23. The molecule has 0 spiro atoms. The van der Waals surface area contributed by atoms with Gasteiger partial charge in [0.1, 0.15) is 5.82 Å². The highest BCUT2D eigenvalue weighted by molar-refractivity contribution is 14.1. The molecule has 2 heterocycles. The molecule has 0 aliphatic heterocycles. The second-order valence-electron chi connectivity index (χ2n) is 3.59. The van der Waals surface area contributed by atoms with E-state index in [1.54, 1.807) is 41.6 Å². The van der Waals surface area contributed by atoms with Gasteiger partial charge in [0, 0.05) is 28.7 Å². The Kier molecular flexibility index (Phi) is 4.54. The maximum absolute atomic E-state index is 11.4. The lowest BCUT2D eigenvalue weighted by molar-refractivity contribution is 0.110. The molecule has 0 saturated carbocycles. The van der Waals surface area contributed by atoms with Crippen LogP contribution in [0, 0.1) is 6.92 Å². The van der Waals surface area contributed by atoms with E-state index in [0.717, 1.165) is 0 Å². The molecule has 0 bridgehead atoms. The van der Waals surface area contributed by atoms with Gasteiger partial charge in [-0.1, -0.05) is 23.2 Å². The Balaban J connectivity index is 2.39. The number of pyridine rings is 1. The van der Waals surface area contributed by atoms with E-state index < -0.39 is 0 Å². The number of anilines is 2. The van der Waals surface area contributed by atoms with Crippen molar-refractivity contribution in [3.63, 3.8) is 0 Å². The minimum atomic E-state index is -0.241. The number of aromatic nitrogens is 3. The number of aryl methyl sites for hydroxylation is 1. The minimum Gasteiger partial charge on any atom is -0.338 e. The zero-order chi connectivity index (χ0) is 14.0. The van der Waals surface area contributed by atoms with Gasteiger partial charge in [-0.3, -0.25) is 4.79 Å². The molecule has 1 N–H and O–H groups in total. The molecule has 2 rings (SSSR count). The molecule has 8 heteroatoms. The first-order valence-corrected chi connectivity index (χ1v) is 6.94. The number of rotatable bonds is 3. The van der Waals surface area contributed by atoms with E-state index in [-0.39, 0.29) is 14.6 Å². The van der Waals surface area contributed by atoms with Crippen LogP contribution in [0.5, 0.6) is 0 Å². The molecule has 19 heavy (non-hydrogen) atoms. The number of carbonyl (C=O) groups excluding carboxylic acids is 1. The molecular formula is C11H7Cl2IN4O. The summed E-state index contributed by atoms with van der Waals surface area (Å²) in [5.41, 5.74) is 1.33. The molecule has 0 aromatic carbocycles. The summed E-state index contributed by atoms with van der Waals surface area (Å²) in [6.07, 6.45) is 0. The zero-order valence-electron chi connectivity index (χ0n) is 9.62. The Morgan fingerprint density at radius 2 is 2.05 bits per heavy atom. The van der Waals surface area contributed by atoms with Crippen molar-refractivity contribution in [2.75, 3.05) is 5.32 Å². The van der Waals surface area contributed by atoms with E-state index in [0.29, 0.717) is 22.2 Å². The molecule has 5 nitrogen and oxygen atoms in total. The van der Waals surface area contributed by atoms with Crippen LogP contribution < -0.4 is 5.32 Å². The highest BCUT2D eigenvalue weighted by Crippen LogP contribution is 2.24. The molecule has 0 aliphatic rings. The molecule has 0 atom stereocenters. The van der Waals surface area contributed by atoms with Gasteiger partial charge in [-0.15, -0.1) is 10.2 Å². The smallest absolute Gasteiger partial charge is 0.244 e. The number of hydrogen-bond donors (Lipinski definition) is 1. The van der Waals surface area contributed by atoms with Crippen LogP contribution in [0.1, 0.15) is 16.2 Å². The van der Waals surface area contributed by atoms with E-state index >= 15 is 0 Å². The fraction of sp³-hybridized carbons (Fsp3) is 0.0909. The van der Waals surface area contributed by atoms with Gasteiger partial charge >= 0.3 is 0 Å². The molecule has 0 amide bonds. The van der Waals surface area contributed by atoms with Crippen LogP contribution in [0.15, 0.2) is 18.2 Å². The van der Waals surface area contributed by atoms with Crippen LogP contribution in [0.3, 0.4) is 0 Å². The molecule has 0 radical (unpaired) electrons. The summed E-state index contributed by atoms with van der Waals surface area (Å²) < 4.78 is -0.241. The van der Waals surface area contributed by atoms with Gasteiger partial charge in [0.2, 0.25) is 3.79 Å². The standard InChI is InChI=1S/C11H7Cl2IN4O/c1-5-6(12)2-3-9(15-5)16-7-4-8(13)17-18-10(7)11(14)19/h2-4H,1H3,(H,15,16,17). The van der Waals surface area contributed by atoms with E-state index in [4.69, 9.17) is 23.2 Å². The molecule has 0 saturated heterocycles. The average Bonchev–Trinajstić information content (AvgIpc) is 2.33. The first kappa shape index (κ1) is 14.4. The van der Waals surface area contributed by atoms with Crippen molar-refractivity contribution in [3.05, 3.63) is 39.8 Å². The number of carbonyl (C=O) groups is 1. The van der Waals surface area contributed by atoms with Crippen molar-refractivity contribution >= 4 is 61.1 Å². The van der Waals surface area contributed by atoms with Crippen LogP contribution in [-0.2, 0) is 0 Å². The van der Waals surface area contributed by atoms with Crippen molar-refractivity contribution < 1.29 is 4.79 Å². The summed E-state index contributed by atoms with van der Waals surface area (Å²) in [5, 5.41) is 11.1. The lowest BCUT2D eigenvalue weighted by Crippen LogP contribution is -2.04. The molecule has 2 aromatic heterocycles. The van der Waals surface area contributed by atoms with Crippen LogP contribution in [0.4, 0.5) is 11.5 Å². The first-order valence-electron chi connectivity index (χ1n) is 5.10. The maximum atomic E-state index is 11.4.